The second-order valence-electron chi connectivity index (χ2n) is 2.84. The van der Waals surface area contributed by atoms with Gasteiger partial charge in [0.25, 0.3) is 0 Å². The van der Waals surface area contributed by atoms with Crippen LogP contribution in [0.4, 0.5) is 0 Å². The Hall–Kier alpha value is -0.324. The minimum absolute atomic E-state index is 0. The van der Waals surface area contributed by atoms with Crippen molar-refractivity contribution in [1.29, 1.82) is 0 Å². The Morgan fingerprint density at radius 2 is 2.58 bits per heavy atom. The maximum Gasteiger partial charge on any atom is 0.0490 e. The summed E-state index contributed by atoms with van der Waals surface area (Å²) in [5.41, 5.74) is 1.24. The van der Waals surface area contributed by atoms with Gasteiger partial charge in [-0.1, -0.05) is 6.42 Å². The number of rotatable bonds is 1. The zero-order valence-corrected chi connectivity index (χ0v) is 7.95. The average molecular weight is 210 g/mol. The molecular formula is C8H11CoN2O-. The molecule has 1 aliphatic rings. The van der Waals surface area contributed by atoms with E-state index in [1.807, 2.05) is 10.7 Å². The van der Waals surface area contributed by atoms with Gasteiger partial charge in [0.1, 0.15) is 0 Å². The van der Waals surface area contributed by atoms with Gasteiger partial charge in [0.05, 0.1) is 0 Å². The van der Waals surface area contributed by atoms with Gasteiger partial charge in [0.15, 0.2) is 0 Å². The predicted molar refractivity (Wildman–Crippen MR) is 40.2 cm³/mol. The van der Waals surface area contributed by atoms with E-state index in [9.17, 15) is 0 Å². The molecule has 3 nitrogen and oxygen atoms in total. The second kappa shape index (κ2) is 4.07. The van der Waals surface area contributed by atoms with Gasteiger partial charge in [-0.15, -0.1) is 11.9 Å². The summed E-state index contributed by atoms with van der Waals surface area (Å²) < 4.78 is 7.26. The van der Waals surface area contributed by atoms with E-state index >= 15 is 0 Å². The van der Waals surface area contributed by atoms with E-state index in [1.165, 1.54) is 5.69 Å². The van der Waals surface area contributed by atoms with Crippen LogP contribution >= 0.6 is 0 Å². The molecule has 2 heterocycles. The summed E-state index contributed by atoms with van der Waals surface area (Å²) in [6.07, 6.45) is 5.27. The van der Waals surface area contributed by atoms with Crippen LogP contribution in [0, 0.1) is 6.20 Å². The molecule has 12 heavy (non-hydrogen) atoms. The van der Waals surface area contributed by atoms with Gasteiger partial charge in [-0.2, -0.15) is 6.07 Å². The smallest absolute Gasteiger partial charge is 0.0490 e. The summed E-state index contributed by atoms with van der Waals surface area (Å²) in [5.74, 6) is 0. The molecule has 1 aromatic rings. The molecule has 1 unspecified atom stereocenters. The number of ether oxygens (including phenoxy) is 1. The monoisotopic (exact) mass is 210 g/mol. The standard InChI is InChI=1S/C8H11N2O.Co/c1-11-8-3-5-10-7(6-8)2-4-9-10;/h2,8H,3,5-6H2,1H3;/q-1;. The average Bonchev–Trinajstić information content (AvgIpc) is 2.50. The number of hydrogen-bond acceptors (Lipinski definition) is 2. The van der Waals surface area contributed by atoms with Crippen LogP contribution in [-0.2, 0) is 34.5 Å². The van der Waals surface area contributed by atoms with Crippen LogP contribution in [0.2, 0.25) is 0 Å². The first-order chi connectivity index (χ1) is 5.40. The van der Waals surface area contributed by atoms with Crippen LogP contribution < -0.4 is 0 Å². The van der Waals surface area contributed by atoms with Gasteiger partial charge in [-0.05, 0) is 6.42 Å². The Kier molecular flexibility index (Phi) is 3.31. The summed E-state index contributed by atoms with van der Waals surface area (Å²) in [4.78, 5) is 0. The molecule has 0 saturated heterocycles. The summed E-state index contributed by atoms with van der Waals surface area (Å²) >= 11 is 0. The third-order valence-electron chi connectivity index (χ3n) is 2.17. The summed E-state index contributed by atoms with van der Waals surface area (Å²) in [7, 11) is 1.76. The zero-order chi connectivity index (χ0) is 7.68. The number of hydrogen-bond donors (Lipinski definition) is 0. The first-order valence-corrected chi connectivity index (χ1v) is 3.85. The predicted octanol–water partition coefficient (Wildman–Crippen LogP) is 0.642. The van der Waals surface area contributed by atoms with E-state index in [0.717, 1.165) is 19.4 Å². The fourth-order valence-electron chi connectivity index (χ4n) is 1.47. The molecule has 0 aromatic carbocycles. The number of nitrogens with zero attached hydrogens (tertiary/aromatic N) is 2. The van der Waals surface area contributed by atoms with Crippen molar-refractivity contribution >= 4 is 0 Å². The zero-order valence-electron chi connectivity index (χ0n) is 6.91. The minimum atomic E-state index is 0. The Morgan fingerprint density at radius 3 is 3.33 bits per heavy atom. The summed E-state index contributed by atoms with van der Waals surface area (Å²) in [6, 6.07) is 1.94. The van der Waals surface area contributed by atoms with E-state index in [0.29, 0.717) is 6.10 Å². The molecule has 0 fully saturated rings. The van der Waals surface area contributed by atoms with Crippen molar-refractivity contribution in [3.63, 3.8) is 0 Å². The molecule has 0 N–H and O–H groups in total. The van der Waals surface area contributed by atoms with Crippen molar-refractivity contribution in [1.82, 2.24) is 9.78 Å². The van der Waals surface area contributed by atoms with Crippen LogP contribution in [0.3, 0.4) is 0 Å². The second-order valence-corrected chi connectivity index (χ2v) is 2.84. The molecule has 2 rings (SSSR count). The van der Waals surface area contributed by atoms with Crippen molar-refractivity contribution in [2.45, 2.75) is 25.5 Å². The van der Waals surface area contributed by atoms with Gasteiger partial charge in [-0.3, -0.25) is 0 Å². The van der Waals surface area contributed by atoms with Gasteiger partial charge >= 0.3 is 0 Å². The third kappa shape index (κ3) is 1.70. The fourth-order valence-corrected chi connectivity index (χ4v) is 1.47. The molecule has 0 amide bonds. The Morgan fingerprint density at radius 1 is 1.75 bits per heavy atom. The van der Waals surface area contributed by atoms with Crippen LogP contribution in [0.5, 0.6) is 0 Å². The van der Waals surface area contributed by atoms with Crippen molar-refractivity contribution in [3.8, 4) is 0 Å². The van der Waals surface area contributed by atoms with Gasteiger partial charge < -0.3 is 14.5 Å². The Balaban J connectivity index is 0.000000720. The number of aromatic nitrogens is 2. The molecule has 1 aliphatic heterocycles. The number of methoxy groups -OCH3 is 1. The SMILES string of the molecule is COC1CCn2n[c-]cc2C1.[Co]. The number of aryl methyl sites for hydroxylation is 1. The minimum Gasteiger partial charge on any atom is -0.383 e. The van der Waals surface area contributed by atoms with Crippen molar-refractivity contribution in [3.05, 3.63) is 18.0 Å². The maximum absolute atomic E-state index is 5.26. The van der Waals surface area contributed by atoms with Gasteiger partial charge in [0.2, 0.25) is 0 Å². The van der Waals surface area contributed by atoms with Gasteiger partial charge in [0, 0.05) is 36.5 Å². The molecular weight excluding hydrogens is 199 g/mol. The maximum atomic E-state index is 5.26. The molecule has 0 aliphatic carbocycles. The van der Waals surface area contributed by atoms with Crippen molar-refractivity contribution in [2.24, 2.45) is 0 Å². The summed E-state index contributed by atoms with van der Waals surface area (Å²) in [6.45, 7) is 0.970. The van der Waals surface area contributed by atoms with Crippen LogP contribution in [0.1, 0.15) is 12.1 Å². The van der Waals surface area contributed by atoms with Crippen molar-refractivity contribution < 1.29 is 21.5 Å². The molecule has 69 valence electrons. The third-order valence-corrected chi connectivity index (χ3v) is 2.17. The molecule has 1 atom stereocenters. The van der Waals surface area contributed by atoms with Crippen molar-refractivity contribution in [2.75, 3.05) is 7.11 Å². The quantitative estimate of drug-likeness (QED) is 0.636. The Labute approximate surface area is 82.3 Å². The van der Waals surface area contributed by atoms with E-state index < -0.39 is 0 Å². The van der Waals surface area contributed by atoms with E-state index in [1.54, 1.807) is 7.11 Å². The van der Waals surface area contributed by atoms with E-state index in [2.05, 4.69) is 11.3 Å². The molecule has 0 spiro atoms. The molecule has 0 saturated carbocycles. The summed E-state index contributed by atoms with van der Waals surface area (Å²) in [5, 5.41) is 4.06. The van der Waals surface area contributed by atoms with Crippen LogP contribution in [0.15, 0.2) is 6.07 Å². The fraction of sp³-hybridized carbons (Fsp3) is 0.625. The van der Waals surface area contributed by atoms with Crippen LogP contribution in [-0.4, -0.2) is 23.0 Å². The molecule has 0 bridgehead atoms. The molecule has 4 heteroatoms. The largest absolute Gasteiger partial charge is 0.383 e. The van der Waals surface area contributed by atoms with Gasteiger partial charge in [-0.25, -0.2) is 0 Å². The van der Waals surface area contributed by atoms with E-state index in [4.69, 9.17) is 4.74 Å². The Bertz CT molecular complexity index is 249. The molecule has 1 radical (unpaired) electrons. The molecule has 1 aromatic heterocycles. The first-order valence-electron chi connectivity index (χ1n) is 3.85. The topological polar surface area (TPSA) is 27.1 Å². The normalized spacial score (nSPS) is 21.2. The van der Waals surface area contributed by atoms with Crippen LogP contribution in [0.25, 0.3) is 0 Å². The van der Waals surface area contributed by atoms with E-state index in [-0.39, 0.29) is 16.8 Å². The first kappa shape index (κ1) is 9.76. The number of fused-ring (bicyclic) bond motifs is 1.